The normalized spacial score (nSPS) is 23.5. The predicted octanol–water partition coefficient (Wildman–Crippen LogP) is 7.81. The summed E-state index contributed by atoms with van der Waals surface area (Å²) in [5, 5.41) is 50.0. The number of aliphatic hydroxyl groups is 5. The van der Waals surface area contributed by atoms with Crippen LogP contribution in [0, 0.1) is 0 Å². The maximum Gasteiger partial charge on any atom is 0.472 e. The molecule has 0 amide bonds. The van der Waals surface area contributed by atoms with Gasteiger partial charge in [-0.1, -0.05) is 168 Å². The Balaban J connectivity index is 2.42. The van der Waals surface area contributed by atoms with Gasteiger partial charge in [-0.2, -0.15) is 0 Å². The van der Waals surface area contributed by atoms with Crippen molar-refractivity contribution in [3.05, 3.63) is 0 Å². The van der Waals surface area contributed by atoms with E-state index in [1.807, 2.05) is 0 Å². The molecule has 0 aliphatic heterocycles. The molecule has 1 rings (SSSR count). The van der Waals surface area contributed by atoms with E-state index in [1.165, 1.54) is 122 Å². The summed E-state index contributed by atoms with van der Waals surface area (Å²) in [6, 6.07) is 0. The van der Waals surface area contributed by atoms with Crippen molar-refractivity contribution in [3.8, 4) is 0 Å². The number of hydrogen-bond donors (Lipinski definition) is 6. The molecule has 316 valence electrons. The third-order valence-corrected chi connectivity index (χ3v) is 11.2. The molecule has 1 saturated carbocycles. The lowest BCUT2D eigenvalue weighted by atomic mass is 9.85. The molecule has 0 aromatic carbocycles. The first kappa shape index (κ1) is 50.4. The van der Waals surface area contributed by atoms with Crippen LogP contribution in [0.15, 0.2) is 0 Å². The zero-order valence-electron chi connectivity index (χ0n) is 33.3. The van der Waals surface area contributed by atoms with Crippen molar-refractivity contribution in [2.45, 2.75) is 230 Å². The molecule has 0 aromatic rings. The topological polar surface area (TPSA) is 192 Å². The zero-order valence-corrected chi connectivity index (χ0v) is 34.2. The Morgan fingerprint density at radius 3 is 1.30 bits per heavy atom. The molecule has 1 aliphatic rings. The summed E-state index contributed by atoms with van der Waals surface area (Å²) in [6.45, 7) is 4.26. The van der Waals surface area contributed by atoms with Crippen LogP contribution in [-0.2, 0) is 27.9 Å². The number of hydrogen-bond acceptors (Lipinski definition) is 11. The van der Waals surface area contributed by atoms with Crippen molar-refractivity contribution in [2.24, 2.45) is 0 Å². The van der Waals surface area contributed by atoms with Crippen LogP contribution < -0.4 is 0 Å². The Kier molecular flexibility index (Phi) is 30.8. The summed E-state index contributed by atoms with van der Waals surface area (Å²) >= 11 is 0. The van der Waals surface area contributed by atoms with Crippen molar-refractivity contribution in [2.75, 3.05) is 19.8 Å². The highest BCUT2D eigenvalue weighted by Gasteiger charge is 2.51. The lowest BCUT2D eigenvalue weighted by molar-refractivity contribution is -0.220. The first-order valence-electron chi connectivity index (χ1n) is 21.4. The molecule has 1 aliphatic carbocycles. The van der Waals surface area contributed by atoms with Gasteiger partial charge in [0.25, 0.3) is 0 Å². The van der Waals surface area contributed by atoms with E-state index in [0.29, 0.717) is 13.0 Å². The molecule has 0 bridgehead atoms. The minimum Gasteiger partial charge on any atom is -0.457 e. The third-order valence-electron chi connectivity index (χ3n) is 10.2. The molecular weight excluding hydrogens is 703 g/mol. The summed E-state index contributed by atoms with van der Waals surface area (Å²) in [6.07, 6.45) is 18.9. The number of phosphoric ester groups is 1. The molecule has 0 aromatic heterocycles. The van der Waals surface area contributed by atoms with Gasteiger partial charge >= 0.3 is 13.8 Å². The van der Waals surface area contributed by atoms with Crippen LogP contribution in [0.3, 0.4) is 0 Å². The minimum absolute atomic E-state index is 0.0686. The highest BCUT2D eigenvalue weighted by atomic mass is 31.2. The lowest BCUT2D eigenvalue weighted by Crippen LogP contribution is -2.64. The van der Waals surface area contributed by atoms with Crippen LogP contribution in [0.25, 0.3) is 0 Å². The number of phosphoric acid groups is 1. The van der Waals surface area contributed by atoms with E-state index in [2.05, 4.69) is 13.8 Å². The van der Waals surface area contributed by atoms with Crippen LogP contribution in [0.4, 0.5) is 0 Å². The second-order valence-electron chi connectivity index (χ2n) is 15.2. The number of rotatable bonds is 36. The average molecular weight is 783 g/mol. The second-order valence-corrected chi connectivity index (χ2v) is 16.6. The number of unbranched alkanes of at least 4 members (excludes halogenated alkanes) is 24. The molecule has 53 heavy (non-hydrogen) atoms. The molecular formula is C40H79O12P. The molecule has 0 saturated heterocycles. The lowest BCUT2D eigenvalue weighted by Gasteiger charge is -2.41. The van der Waals surface area contributed by atoms with Crippen LogP contribution in [0.2, 0.25) is 0 Å². The quantitative estimate of drug-likeness (QED) is 0.0206. The summed E-state index contributed by atoms with van der Waals surface area (Å²) < 4.78 is 34.1. The number of aliphatic hydroxyl groups excluding tert-OH is 5. The molecule has 6 atom stereocenters. The molecule has 0 radical (unpaired) electrons. The Bertz CT molecular complexity index is 895. The Hall–Kier alpha value is -0.660. The number of carbonyl (C=O) groups is 1. The van der Waals surface area contributed by atoms with Crippen LogP contribution in [0.1, 0.15) is 187 Å². The first-order chi connectivity index (χ1) is 25.5. The minimum atomic E-state index is -5.00. The van der Waals surface area contributed by atoms with Crippen molar-refractivity contribution in [3.63, 3.8) is 0 Å². The van der Waals surface area contributed by atoms with E-state index < -0.39 is 63.1 Å². The largest absolute Gasteiger partial charge is 0.472 e. The van der Waals surface area contributed by atoms with Crippen molar-refractivity contribution in [1.29, 1.82) is 0 Å². The maximum absolute atomic E-state index is 12.8. The number of ether oxygens (including phenoxy) is 2. The molecule has 6 unspecified atom stereocenters. The van der Waals surface area contributed by atoms with Gasteiger partial charge < -0.3 is 39.9 Å². The molecule has 6 N–H and O–H groups in total. The second kappa shape index (κ2) is 32.4. The van der Waals surface area contributed by atoms with E-state index in [9.17, 15) is 39.8 Å². The van der Waals surface area contributed by atoms with Crippen molar-refractivity contribution in [1.82, 2.24) is 0 Å². The molecule has 0 spiro atoms. The fourth-order valence-electron chi connectivity index (χ4n) is 6.77. The number of esters is 1. The molecule has 13 heteroatoms. The maximum atomic E-state index is 12.8. The van der Waals surface area contributed by atoms with E-state index >= 15 is 0 Å². The zero-order chi connectivity index (χ0) is 39.2. The SMILES string of the molecule is CCCCCCCCCCCCCCCCC(=O)OC(COCCCCCCCCCCCCCC)COP(=O)(O)OC1C(O)C(O)C(O)C(O)C1O. The van der Waals surface area contributed by atoms with Gasteiger partial charge in [0, 0.05) is 13.0 Å². The fraction of sp³-hybridized carbons (Fsp3) is 0.975. The van der Waals surface area contributed by atoms with E-state index in [-0.39, 0.29) is 13.0 Å². The Morgan fingerprint density at radius 2 is 0.887 bits per heavy atom. The van der Waals surface area contributed by atoms with Crippen LogP contribution in [-0.4, -0.2) is 98.9 Å². The van der Waals surface area contributed by atoms with Crippen LogP contribution in [0.5, 0.6) is 0 Å². The number of carbonyl (C=O) groups excluding carboxylic acids is 1. The van der Waals surface area contributed by atoms with Gasteiger partial charge in [0.15, 0.2) is 0 Å². The van der Waals surface area contributed by atoms with Gasteiger partial charge in [-0.05, 0) is 12.8 Å². The standard InChI is InChI=1S/C40H79O12P/c1-3-5-7-9-11-13-15-17-18-19-21-23-25-27-29-34(41)51-33(31-49-30-28-26-24-22-20-16-14-12-10-8-6-4-2)32-50-53(47,48)52-40-38(45)36(43)35(42)37(44)39(40)46/h33,35-40,42-46H,3-32H2,1-2H3,(H,47,48). The summed E-state index contributed by atoms with van der Waals surface area (Å²) in [5.41, 5.74) is 0. The molecule has 0 heterocycles. The van der Waals surface area contributed by atoms with Crippen molar-refractivity contribution >= 4 is 13.8 Å². The Labute approximate surface area is 321 Å². The molecule has 12 nitrogen and oxygen atoms in total. The predicted molar refractivity (Wildman–Crippen MR) is 207 cm³/mol. The van der Waals surface area contributed by atoms with Crippen molar-refractivity contribution < 1.29 is 58.3 Å². The summed E-state index contributed by atoms with van der Waals surface area (Å²) in [5.74, 6) is -0.474. The van der Waals surface area contributed by atoms with E-state index in [4.69, 9.17) is 18.5 Å². The highest BCUT2D eigenvalue weighted by molar-refractivity contribution is 7.47. The van der Waals surface area contributed by atoms with Gasteiger partial charge in [0.2, 0.25) is 0 Å². The van der Waals surface area contributed by atoms with Crippen LogP contribution >= 0.6 is 7.82 Å². The van der Waals surface area contributed by atoms with Gasteiger partial charge in [-0.25, -0.2) is 4.57 Å². The smallest absolute Gasteiger partial charge is 0.457 e. The van der Waals surface area contributed by atoms with Gasteiger partial charge in [-0.15, -0.1) is 0 Å². The third kappa shape index (κ3) is 25.3. The van der Waals surface area contributed by atoms with Gasteiger partial charge in [0.05, 0.1) is 13.2 Å². The Morgan fingerprint density at radius 1 is 0.528 bits per heavy atom. The fourth-order valence-corrected chi connectivity index (χ4v) is 7.74. The highest BCUT2D eigenvalue weighted by Crippen LogP contribution is 2.47. The molecule has 1 fully saturated rings. The van der Waals surface area contributed by atoms with Gasteiger partial charge in [-0.3, -0.25) is 13.8 Å². The van der Waals surface area contributed by atoms with E-state index in [1.54, 1.807) is 0 Å². The first-order valence-corrected chi connectivity index (χ1v) is 22.9. The average Bonchev–Trinajstić information content (AvgIpc) is 3.14. The summed E-state index contributed by atoms with van der Waals surface area (Å²) in [7, 11) is -5.00. The van der Waals surface area contributed by atoms with Gasteiger partial charge in [0.1, 0.15) is 42.7 Å². The van der Waals surface area contributed by atoms with E-state index in [0.717, 1.165) is 38.5 Å². The summed E-state index contributed by atoms with van der Waals surface area (Å²) in [4.78, 5) is 23.1. The monoisotopic (exact) mass is 783 g/mol.